The van der Waals surface area contributed by atoms with Crippen molar-refractivity contribution in [1.82, 2.24) is 10.3 Å². The number of pyridine rings is 1. The molecule has 2 heterocycles. The fourth-order valence-electron chi connectivity index (χ4n) is 1.59. The van der Waals surface area contributed by atoms with Crippen LogP contribution in [0.4, 0.5) is 0 Å². The smallest absolute Gasteiger partial charge is 0.0592 e. The molecule has 2 nitrogen and oxygen atoms in total. The van der Waals surface area contributed by atoms with E-state index in [1.807, 2.05) is 12.3 Å². The van der Waals surface area contributed by atoms with Crippen LogP contribution in [0.15, 0.2) is 18.5 Å². The average molecular weight is 183 g/mol. The van der Waals surface area contributed by atoms with Crippen LogP contribution in [0.1, 0.15) is 24.4 Å². The molecule has 0 radical (unpaired) electrons. The van der Waals surface area contributed by atoms with Gasteiger partial charge in [-0.05, 0) is 31.0 Å². The lowest BCUT2D eigenvalue weighted by Gasteiger charge is -2.09. The van der Waals surface area contributed by atoms with E-state index in [1.54, 1.807) is 6.20 Å². The van der Waals surface area contributed by atoms with Crippen molar-refractivity contribution in [3.8, 4) is 0 Å². The summed E-state index contributed by atoms with van der Waals surface area (Å²) in [6.07, 6.45) is 5.99. The van der Waals surface area contributed by atoms with Gasteiger partial charge >= 0.3 is 0 Å². The first-order valence-electron chi connectivity index (χ1n) is 4.20. The van der Waals surface area contributed by atoms with Gasteiger partial charge in [-0.25, -0.2) is 0 Å². The zero-order valence-electron chi connectivity index (χ0n) is 6.76. The van der Waals surface area contributed by atoms with Crippen LogP contribution in [-0.2, 0) is 0 Å². The number of hydrogen-bond acceptors (Lipinski definition) is 2. The number of hydrogen-bond donors (Lipinski definition) is 1. The standard InChI is InChI=1S/C9H11ClN2/c10-8-4-7(5-11-6-8)9-2-1-3-12-9/h4-6,9,12H,1-3H2/t9-/m0/s1. The summed E-state index contributed by atoms with van der Waals surface area (Å²) in [5, 5.41) is 4.12. The summed E-state index contributed by atoms with van der Waals surface area (Å²) < 4.78 is 0. The maximum Gasteiger partial charge on any atom is 0.0592 e. The van der Waals surface area contributed by atoms with E-state index in [0.717, 1.165) is 11.6 Å². The van der Waals surface area contributed by atoms with Gasteiger partial charge < -0.3 is 5.32 Å². The molecule has 1 aromatic rings. The molecule has 1 atom stereocenters. The Hall–Kier alpha value is -0.600. The van der Waals surface area contributed by atoms with Gasteiger partial charge in [-0.2, -0.15) is 0 Å². The van der Waals surface area contributed by atoms with E-state index >= 15 is 0 Å². The molecule has 12 heavy (non-hydrogen) atoms. The van der Waals surface area contributed by atoms with Gasteiger partial charge in [0, 0.05) is 18.4 Å². The van der Waals surface area contributed by atoms with Crippen LogP contribution in [0.5, 0.6) is 0 Å². The van der Waals surface area contributed by atoms with Crippen molar-refractivity contribution in [3.63, 3.8) is 0 Å². The number of aromatic nitrogens is 1. The van der Waals surface area contributed by atoms with Gasteiger partial charge in [0.2, 0.25) is 0 Å². The molecule has 0 spiro atoms. The molecule has 0 amide bonds. The van der Waals surface area contributed by atoms with E-state index in [1.165, 1.54) is 18.4 Å². The molecule has 0 saturated carbocycles. The normalized spacial score (nSPS) is 22.9. The SMILES string of the molecule is Clc1cncc([C@@H]2CCCN2)c1. The molecule has 1 aliphatic rings. The Morgan fingerprint density at radius 1 is 1.50 bits per heavy atom. The first-order valence-corrected chi connectivity index (χ1v) is 4.58. The van der Waals surface area contributed by atoms with Gasteiger partial charge in [0.05, 0.1) is 5.02 Å². The summed E-state index contributed by atoms with van der Waals surface area (Å²) in [7, 11) is 0. The Morgan fingerprint density at radius 3 is 3.08 bits per heavy atom. The third-order valence-corrected chi connectivity index (χ3v) is 2.40. The molecular weight excluding hydrogens is 172 g/mol. The van der Waals surface area contributed by atoms with Crippen molar-refractivity contribution in [2.45, 2.75) is 18.9 Å². The van der Waals surface area contributed by atoms with Gasteiger partial charge in [0.25, 0.3) is 0 Å². The highest BCUT2D eigenvalue weighted by Crippen LogP contribution is 2.23. The second-order valence-corrected chi connectivity index (χ2v) is 3.52. The van der Waals surface area contributed by atoms with E-state index in [2.05, 4.69) is 10.3 Å². The first kappa shape index (κ1) is 8.02. The van der Waals surface area contributed by atoms with Crippen molar-refractivity contribution in [3.05, 3.63) is 29.0 Å². The van der Waals surface area contributed by atoms with Crippen molar-refractivity contribution in [2.24, 2.45) is 0 Å². The molecule has 1 fully saturated rings. The Kier molecular flexibility index (Phi) is 2.28. The van der Waals surface area contributed by atoms with Crippen LogP contribution >= 0.6 is 11.6 Å². The zero-order chi connectivity index (χ0) is 8.39. The molecule has 1 saturated heterocycles. The molecule has 1 aromatic heterocycles. The lowest BCUT2D eigenvalue weighted by Crippen LogP contribution is -2.12. The molecule has 0 aromatic carbocycles. The van der Waals surface area contributed by atoms with Crippen molar-refractivity contribution in [1.29, 1.82) is 0 Å². The average Bonchev–Trinajstić information content (AvgIpc) is 2.56. The summed E-state index contributed by atoms with van der Waals surface area (Å²) in [5.74, 6) is 0. The van der Waals surface area contributed by atoms with Gasteiger partial charge in [-0.15, -0.1) is 0 Å². The van der Waals surface area contributed by atoms with E-state index < -0.39 is 0 Å². The summed E-state index contributed by atoms with van der Waals surface area (Å²) >= 11 is 5.83. The molecule has 2 rings (SSSR count). The highest BCUT2D eigenvalue weighted by molar-refractivity contribution is 6.30. The van der Waals surface area contributed by atoms with E-state index in [-0.39, 0.29) is 0 Å². The minimum atomic E-state index is 0.469. The topological polar surface area (TPSA) is 24.9 Å². The molecule has 3 heteroatoms. The third-order valence-electron chi connectivity index (χ3n) is 2.19. The largest absolute Gasteiger partial charge is 0.310 e. The van der Waals surface area contributed by atoms with Gasteiger partial charge in [0.15, 0.2) is 0 Å². The van der Waals surface area contributed by atoms with Gasteiger partial charge in [-0.1, -0.05) is 11.6 Å². The van der Waals surface area contributed by atoms with Gasteiger partial charge in [-0.3, -0.25) is 4.98 Å². The third kappa shape index (κ3) is 1.59. The van der Waals surface area contributed by atoms with Crippen LogP contribution in [-0.4, -0.2) is 11.5 Å². The maximum absolute atomic E-state index is 5.83. The maximum atomic E-state index is 5.83. The Labute approximate surface area is 77.0 Å². The Bertz CT molecular complexity index is 269. The van der Waals surface area contributed by atoms with E-state index in [0.29, 0.717) is 6.04 Å². The van der Waals surface area contributed by atoms with E-state index in [4.69, 9.17) is 11.6 Å². The Morgan fingerprint density at radius 2 is 2.42 bits per heavy atom. The van der Waals surface area contributed by atoms with Crippen LogP contribution in [0.25, 0.3) is 0 Å². The number of nitrogens with one attached hydrogen (secondary N) is 1. The predicted molar refractivity (Wildman–Crippen MR) is 49.2 cm³/mol. The summed E-state index contributed by atoms with van der Waals surface area (Å²) in [6, 6.07) is 2.45. The molecule has 1 aliphatic heterocycles. The fraction of sp³-hybridized carbons (Fsp3) is 0.444. The highest BCUT2D eigenvalue weighted by atomic mass is 35.5. The molecule has 0 unspecified atom stereocenters. The van der Waals surface area contributed by atoms with Gasteiger partial charge in [0.1, 0.15) is 0 Å². The van der Waals surface area contributed by atoms with E-state index in [9.17, 15) is 0 Å². The predicted octanol–water partition coefficient (Wildman–Crippen LogP) is 2.16. The van der Waals surface area contributed by atoms with Crippen molar-refractivity contribution in [2.75, 3.05) is 6.54 Å². The minimum absolute atomic E-state index is 0.469. The second-order valence-electron chi connectivity index (χ2n) is 3.09. The zero-order valence-corrected chi connectivity index (χ0v) is 7.51. The van der Waals surface area contributed by atoms with Crippen LogP contribution in [0.3, 0.4) is 0 Å². The highest BCUT2D eigenvalue weighted by Gasteiger charge is 2.15. The molecule has 1 N–H and O–H groups in total. The van der Waals surface area contributed by atoms with Crippen LogP contribution in [0.2, 0.25) is 5.02 Å². The summed E-state index contributed by atoms with van der Waals surface area (Å²) in [6.45, 7) is 1.11. The molecule has 0 bridgehead atoms. The quantitative estimate of drug-likeness (QED) is 0.720. The second kappa shape index (κ2) is 3.42. The molecule has 0 aliphatic carbocycles. The minimum Gasteiger partial charge on any atom is -0.310 e. The Balaban J connectivity index is 2.21. The number of nitrogens with zero attached hydrogens (tertiary/aromatic N) is 1. The lowest BCUT2D eigenvalue weighted by molar-refractivity contribution is 0.645. The summed E-state index contributed by atoms with van der Waals surface area (Å²) in [5.41, 5.74) is 1.21. The van der Waals surface area contributed by atoms with Crippen molar-refractivity contribution < 1.29 is 0 Å². The van der Waals surface area contributed by atoms with Crippen molar-refractivity contribution >= 4 is 11.6 Å². The number of halogens is 1. The van der Waals surface area contributed by atoms with Crippen LogP contribution in [0, 0.1) is 0 Å². The monoisotopic (exact) mass is 182 g/mol. The lowest BCUT2D eigenvalue weighted by atomic mass is 10.1. The molecular formula is C9H11ClN2. The fourth-order valence-corrected chi connectivity index (χ4v) is 1.77. The summed E-state index contributed by atoms with van der Waals surface area (Å²) in [4.78, 5) is 4.06. The first-order chi connectivity index (χ1) is 5.86. The molecule has 64 valence electrons. The van der Waals surface area contributed by atoms with Crippen LogP contribution < -0.4 is 5.32 Å². The number of rotatable bonds is 1.